The quantitative estimate of drug-likeness (QED) is 0.655. The van der Waals surface area contributed by atoms with Crippen molar-refractivity contribution in [2.24, 2.45) is 0 Å². The zero-order valence-corrected chi connectivity index (χ0v) is 12.2. The molecule has 0 atom stereocenters. The molecule has 4 heteroatoms. The Balaban J connectivity index is 2.02. The molecular formula is C17H19NO3. The Kier molecular flexibility index (Phi) is 4.60. The van der Waals surface area contributed by atoms with Crippen molar-refractivity contribution in [3.63, 3.8) is 0 Å². The average Bonchev–Trinajstić information content (AvgIpc) is 2.44. The summed E-state index contributed by atoms with van der Waals surface area (Å²) < 4.78 is 0. The first-order chi connectivity index (χ1) is 9.97. The van der Waals surface area contributed by atoms with Crippen LogP contribution in [0.15, 0.2) is 42.5 Å². The van der Waals surface area contributed by atoms with Gasteiger partial charge in [0.2, 0.25) is 0 Å². The average molecular weight is 285 g/mol. The summed E-state index contributed by atoms with van der Waals surface area (Å²) in [5, 5.41) is 18.7. The number of benzene rings is 2. The lowest BCUT2D eigenvalue weighted by molar-refractivity contribution is 0.0942. The molecule has 2 rings (SSSR count). The van der Waals surface area contributed by atoms with Crippen molar-refractivity contribution in [2.45, 2.75) is 13.5 Å². The number of carbonyl (C=O) groups excluding carboxylic acids is 1. The lowest BCUT2D eigenvalue weighted by atomic mass is 10.1. The molecule has 2 N–H and O–H groups in total. The lowest BCUT2D eigenvalue weighted by Crippen LogP contribution is -2.25. The second-order valence-corrected chi connectivity index (χ2v) is 5.23. The fourth-order valence-corrected chi connectivity index (χ4v) is 2.17. The van der Waals surface area contributed by atoms with E-state index in [-0.39, 0.29) is 23.8 Å². The molecule has 0 bridgehead atoms. The van der Waals surface area contributed by atoms with Gasteiger partial charge in [0.05, 0.1) is 6.54 Å². The molecule has 4 nitrogen and oxygen atoms in total. The standard InChI is InChI=1S/C17H19NO3/c1-12-5-3-4-6-14(12)10-18(2)11-17(21)13-7-8-15(19)16(20)9-13/h3-9,19-20H,10-11H2,1-2H3. The van der Waals surface area contributed by atoms with E-state index in [1.54, 1.807) is 0 Å². The second-order valence-electron chi connectivity index (χ2n) is 5.23. The monoisotopic (exact) mass is 285 g/mol. The zero-order chi connectivity index (χ0) is 15.4. The molecule has 0 aliphatic heterocycles. The number of likely N-dealkylation sites (N-methyl/N-ethyl adjacent to an activating group) is 1. The molecule has 0 aromatic heterocycles. The topological polar surface area (TPSA) is 60.8 Å². The number of ketones is 1. The molecule has 0 unspecified atom stereocenters. The van der Waals surface area contributed by atoms with Crippen LogP contribution in [0.25, 0.3) is 0 Å². The van der Waals surface area contributed by atoms with E-state index in [4.69, 9.17) is 0 Å². The summed E-state index contributed by atoms with van der Waals surface area (Å²) in [5.74, 6) is -0.594. The minimum Gasteiger partial charge on any atom is -0.504 e. The van der Waals surface area contributed by atoms with E-state index >= 15 is 0 Å². The summed E-state index contributed by atoms with van der Waals surface area (Å²) in [5.41, 5.74) is 2.77. The van der Waals surface area contributed by atoms with Gasteiger partial charge in [-0.05, 0) is 43.3 Å². The van der Waals surface area contributed by atoms with E-state index in [0.29, 0.717) is 12.1 Å². The van der Waals surface area contributed by atoms with Gasteiger partial charge >= 0.3 is 0 Å². The summed E-state index contributed by atoms with van der Waals surface area (Å²) in [6, 6.07) is 12.2. The van der Waals surface area contributed by atoms with E-state index in [0.717, 1.165) is 0 Å². The molecule has 2 aromatic rings. The minimum absolute atomic E-state index is 0.0959. The van der Waals surface area contributed by atoms with Gasteiger partial charge in [-0.1, -0.05) is 24.3 Å². The van der Waals surface area contributed by atoms with E-state index < -0.39 is 0 Å². The number of Topliss-reactive ketones (excluding diaryl/α,β-unsaturated/α-hetero) is 1. The van der Waals surface area contributed by atoms with Crippen LogP contribution in [-0.2, 0) is 6.54 Å². The normalized spacial score (nSPS) is 10.8. The highest BCUT2D eigenvalue weighted by Gasteiger charge is 2.12. The number of hydrogen-bond donors (Lipinski definition) is 2. The number of phenolic OH excluding ortho intramolecular Hbond substituents is 2. The molecule has 0 saturated carbocycles. The van der Waals surface area contributed by atoms with Gasteiger partial charge in [0, 0.05) is 12.1 Å². The number of hydrogen-bond acceptors (Lipinski definition) is 4. The third-order valence-corrected chi connectivity index (χ3v) is 3.41. The van der Waals surface area contributed by atoms with Crippen LogP contribution < -0.4 is 0 Å². The van der Waals surface area contributed by atoms with Crippen LogP contribution >= 0.6 is 0 Å². The SMILES string of the molecule is Cc1ccccc1CN(C)CC(=O)c1ccc(O)c(O)c1. The summed E-state index contributed by atoms with van der Waals surface area (Å²) in [7, 11) is 1.88. The van der Waals surface area contributed by atoms with Crippen molar-refractivity contribution < 1.29 is 15.0 Å². The molecular weight excluding hydrogens is 266 g/mol. The van der Waals surface area contributed by atoms with Gasteiger partial charge in [-0.15, -0.1) is 0 Å². The Morgan fingerprint density at radius 1 is 1.10 bits per heavy atom. The molecule has 0 aliphatic carbocycles. The Morgan fingerprint density at radius 2 is 1.81 bits per heavy atom. The van der Waals surface area contributed by atoms with Crippen LogP contribution in [0.1, 0.15) is 21.5 Å². The Labute approximate surface area is 124 Å². The molecule has 21 heavy (non-hydrogen) atoms. The van der Waals surface area contributed by atoms with E-state index in [2.05, 4.69) is 0 Å². The first kappa shape index (κ1) is 15.1. The predicted octanol–water partition coefficient (Wildman–Crippen LogP) is 2.72. The Morgan fingerprint density at radius 3 is 2.48 bits per heavy atom. The minimum atomic E-state index is -0.276. The van der Waals surface area contributed by atoms with Gasteiger partial charge in [-0.3, -0.25) is 9.69 Å². The Hall–Kier alpha value is -2.33. The van der Waals surface area contributed by atoms with Gasteiger partial charge in [0.15, 0.2) is 17.3 Å². The number of rotatable bonds is 5. The zero-order valence-electron chi connectivity index (χ0n) is 12.2. The third kappa shape index (κ3) is 3.83. The van der Waals surface area contributed by atoms with Crippen molar-refractivity contribution >= 4 is 5.78 Å². The maximum atomic E-state index is 12.2. The molecule has 0 saturated heterocycles. The highest BCUT2D eigenvalue weighted by atomic mass is 16.3. The van der Waals surface area contributed by atoms with Crippen molar-refractivity contribution in [3.8, 4) is 11.5 Å². The maximum absolute atomic E-state index is 12.2. The summed E-state index contributed by atoms with van der Waals surface area (Å²) in [6.07, 6.45) is 0. The molecule has 0 amide bonds. The molecule has 0 aliphatic rings. The summed E-state index contributed by atoms with van der Waals surface area (Å²) in [4.78, 5) is 14.1. The number of carbonyl (C=O) groups is 1. The fourth-order valence-electron chi connectivity index (χ4n) is 2.17. The molecule has 110 valence electrons. The highest BCUT2D eigenvalue weighted by molar-refractivity contribution is 5.98. The van der Waals surface area contributed by atoms with Crippen molar-refractivity contribution in [3.05, 3.63) is 59.2 Å². The van der Waals surface area contributed by atoms with Crippen molar-refractivity contribution in [2.75, 3.05) is 13.6 Å². The number of aromatic hydroxyl groups is 2. The van der Waals surface area contributed by atoms with E-state index in [1.807, 2.05) is 43.1 Å². The molecule has 0 spiro atoms. The number of phenols is 2. The van der Waals surface area contributed by atoms with Crippen LogP contribution in [-0.4, -0.2) is 34.5 Å². The van der Waals surface area contributed by atoms with Gasteiger partial charge in [-0.2, -0.15) is 0 Å². The molecule has 0 heterocycles. The van der Waals surface area contributed by atoms with Crippen LogP contribution in [0.3, 0.4) is 0 Å². The van der Waals surface area contributed by atoms with Gasteiger partial charge in [0.25, 0.3) is 0 Å². The van der Waals surface area contributed by atoms with E-state index in [9.17, 15) is 15.0 Å². The molecule has 0 fully saturated rings. The fraction of sp³-hybridized carbons (Fsp3) is 0.235. The van der Waals surface area contributed by atoms with Gasteiger partial charge < -0.3 is 10.2 Å². The summed E-state index contributed by atoms with van der Waals surface area (Å²) in [6.45, 7) is 2.98. The smallest absolute Gasteiger partial charge is 0.176 e. The molecule has 0 radical (unpaired) electrons. The maximum Gasteiger partial charge on any atom is 0.176 e. The predicted molar refractivity (Wildman–Crippen MR) is 81.6 cm³/mol. The first-order valence-electron chi connectivity index (χ1n) is 6.75. The van der Waals surface area contributed by atoms with Crippen LogP contribution in [0.2, 0.25) is 0 Å². The number of aryl methyl sites for hydroxylation is 1. The number of nitrogens with zero attached hydrogens (tertiary/aromatic N) is 1. The van der Waals surface area contributed by atoms with E-state index in [1.165, 1.54) is 29.3 Å². The third-order valence-electron chi connectivity index (χ3n) is 3.41. The highest BCUT2D eigenvalue weighted by Crippen LogP contribution is 2.25. The largest absolute Gasteiger partial charge is 0.504 e. The second kappa shape index (κ2) is 6.41. The van der Waals surface area contributed by atoms with Crippen LogP contribution in [0, 0.1) is 6.92 Å². The van der Waals surface area contributed by atoms with Crippen molar-refractivity contribution in [1.82, 2.24) is 4.90 Å². The van der Waals surface area contributed by atoms with Crippen molar-refractivity contribution in [1.29, 1.82) is 0 Å². The van der Waals surface area contributed by atoms with Gasteiger partial charge in [-0.25, -0.2) is 0 Å². The Bertz CT molecular complexity index is 652. The van der Waals surface area contributed by atoms with Gasteiger partial charge in [0.1, 0.15) is 0 Å². The molecule has 2 aromatic carbocycles. The summed E-state index contributed by atoms with van der Waals surface area (Å²) >= 11 is 0. The van der Waals surface area contributed by atoms with Crippen LogP contribution in [0.4, 0.5) is 0 Å². The lowest BCUT2D eigenvalue weighted by Gasteiger charge is -2.17. The van der Waals surface area contributed by atoms with Crippen LogP contribution in [0.5, 0.6) is 11.5 Å². The first-order valence-corrected chi connectivity index (χ1v) is 6.75.